The van der Waals surface area contributed by atoms with Gasteiger partial charge in [0.05, 0.1) is 25.4 Å². The van der Waals surface area contributed by atoms with E-state index in [1.165, 1.54) is 0 Å². The highest BCUT2D eigenvalue weighted by molar-refractivity contribution is 7.15. The number of hydrogen-bond donors (Lipinski definition) is 0. The zero-order valence-electron chi connectivity index (χ0n) is 14.6. The molecule has 2 aromatic heterocycles. The van der Waals surface area contributed by atoms with E-state index in [-0.39, 0.29) is 5.60 Å². The lowest BCUT2D eigenvalue weighted by molar-refractivity contribution is -0.116. The largest absolute Gasteiger partial charge is 0.375 e. The fourth-order valence-electron chi connectivity index (χ4n) is 3.70. The first-order valence-electron chi connectivity index (χ1n) is 8.89. The highest BCUT2D eigenvalue weighted by Crippen LogP contribution is 2.40. The van der Waals surface area contributed by atoms with Crippen molar-refractivity contribution in [2.75, 3.05) is 31.2 Å². The zero-order valence-corrected chi connectivity index (χ0v) is 15.4. The average Bonchev–Trinajstić information content (AvgIpc) is 3.04. The Balaban J connectivity index is 1.21. The van der Waals surface area contributed by atoms with Gasteiger partial charge >= 0.3 is 0 Å². The predicted octanol–water partition coefficient (Wildman–Crippen LogP) is 2.83. The molecule has 0 N–H and O–H groups in total. The van der Waals surface area contributed by atoms with Crippen molar-refractivity contribution in [2.24, 2.45) is 5.92 Å². The molecular formula is C18H24N4O2S. The molecule has 1 unspecified atom stereocenters. The molecule has 1 atom stereocenters. The van der Waals surface area contributed by atoms with Crippen molar-refractivity contribution in [2.45, 2.75) is 38.4 Å². The van der Waals surface area contributed by atoms with Gasteiger partial charge in [0, 0.05) is 19.4 Å². The second-order valence-corrected chi connectivity index (χ2v) is 8.17. The molecule has 6 nitrogen and oxygen atoms in total. The van der Waals surface area contributed by atoms with Crippen molar-refractivity contribution in [3.8, 4) is 0 Å². The van der Waals surface area contributed by atoms with Crippen molar-refractivity contribution >= 4 is 16.5 Å². The van der Waals surface area contributed by atoms with Crippen LogP contribution in [0.5, 0.6) is 0 Å². The summed E-state index contributed by atoms with van der Waals surface area (Å²) in [6.07, 6.45) is 5.15. The van der Waals surface area contributed by atoms with Crippen LogP contribution >= 0.6 is 11.3 Å². The summed E-state index contributed by atoms with van der Waals surface area (Å²) in [6.45, 7) is 6.11. The quantitative estimate of drug-likeness (QED) is 0.738. The molecule has 25 heavy (non-hydrogen) atoms. The van der Waals surface area contributed by atoms with Gasteiger partial charge in [-0.25, -0.2) is 0 Å². The summed E-state index contributed by atoms with van der Waals surface area (Å²) in [5, 5.41) is 10.4. The third-order valence-corrected chi connectivity index (χ3v) is 5.88. The predicted molar refractivity (Wildman–Crippen MR) is 96.8 cm³/mol. The first kappa shape index (κ1) is 16.9. The molecule has 2 aromatic rings. The van der Waals surface area contributed by atoms with Crippen molar-refractivity contribution < 1.29 is 9.47 Å². The maximum atomic E-state index is 6.13. The average molecular weight is 360 g/mol. The Morgan fingerprint density at radius 1 is 1.36 bits per heavy atom. The van der Waals surface area contributed by atoms with Crippen LogP contribution < -0.4 is 4.90 Å². The summed E-state index contributed by atoms with van der Waals surface area (Å²) in [7, 11) is 0. The van der Waals surface area contributed by atoms with Crippen LogP contribution in [0.1, 0.15) is 30.0 Å². The number of pyridine rings is 1. The number of aryl methyl sites for hydroxylation is 1. The molecule has 2 aliphatic rings. The molecule has 0 radical (unpaired) electrons. The maximum absolute atomic E-state index is 6.13. The van der Waals surface area contributed by atoms with Gasteiger partial charge in [0.2, 0.25) is 5.13 Å². The molecule has 7 heteroatoms. The Bertz CT molecular complexity index is 687. The monoisotopic (exact) mass is 360 g/mol. The van der Waals surface area contributed by atoms with Gasteiger partial charge in [-0.3, -0.25) is 4.98 Å². The summed E-state index contributed by atoms with van der Waals surface area (Å²) in [6, 6.07) is 5.92. The third-order valence-electron chi connectivity index (χ3n) is 4.99. The molecule has 0 bridgehead atoms. The number of aromatic nitrogens is 3. The highest BCUT2D eigenvalue weighted by Gasteiger charge is 2.48. The molecule has 2 fully saturated rings. The van der Waals surface area contributed by atoms with E-state index in [1.807, 2.05) is 31.3 Å². The van der Waals surface area contributed by atoms with E-state index in [0.717, 1.165) is 61.4 Å². The summed E-state index contributed by atoms with van der Waals surface area (Å²) < 4.78 is 11.9. The normalized spacial score (nSPS) is 22.1. The molecule has 1 spiro atoms. The van der Waals surface area contributed by atoms with Gasteiger partial charge < -0.3 is 14.4 Å². The Morgan fingerprint density at radius 2 is 2.28 bits per heavy atom. The molecule has 2 saturated heterocycles. The summed E-state index contributed by atoms with van der Waals surface area (Å²) in [4.78, 5) is 6.57. The number of rotatable bonds is 6. The second kappa shape index (κ2) is 7.35. The molecule has 0 amide bonds. The molecule has 2 aliphatic heterocycles. The highest BCUT2D eigenvalue weighted by atomic mass is 32.1. The number of nitrogens with zero attached hydrogens (tertiary/aromatic N) is 4. The lowest BCUT2D eigenvalue weighted by Crippen LogP contribution is -2.65. The minimum absolute atomic E-state index is 0.0173. The van der Waals surface area contributed by atoms with Gasteiger partial charge in [0.25, 0.3) is 0 Å². The van der Waals surface area contributed by atoms with Gasteiger partial charge in [-0.05, 0) is 44.2 Å². The van der Waals surface area contributed by atoms with Gasteiger partial charge in [0.1, 0.15) is 10.6 Å². The first-order chi connectivity index (χ1) is 12.2. The van der Waals surface area contributed by atoms with E-state index in [0.29, 0.717) is 12.5 Å². The minimum atomic E-state index is 0.0173. The minimum Gasteiger partial charge on any atom is -0.375 e. The van der Waals surface area contributed by atoms with Crippen LogP contribution in [0.4, 0.5) is 5.13 Å². The van der Waals surface area contributed by atoms with Crippen LogP contribution in [0.2, 0.25) is 0 Å². The van der Waals surface area contributed by atoms with Crippen LogP contribution in [-0.2, 0) is 16.1 Å². The second-order valence-electron chi connectivity index (χ2n) is 7.01. The third kappa shape index (κ3) is 3.99. The number of ether oxygens (including phenoxy) is 2. The van der Waals surface area contributed by atoms with Gasteiger partial charge in [-0.1, -0.05) is 17.4 Å². The Hall–Kier alpha value is -1.57. The van der Waals surface area contributed by atoms with Crippen LogP contribution in [-0.4, -0.2) is 47.1 Å². The standard InChI is InChI=1S/C18H24N4O2S/c1-14-20-21-17(25-14)22-12-18(13-22)10-15(6-9-24-18)5-8-23-11-16-4-2-3-7-19-16/h2-4,7,15H,5-6,8-13H2,1H3. The molecule has 0 saturated carbocycles. The van der Waals surface area contributed by atoms with Crippen molar-refractivity contribution in [3.63, 3.8) is 0 Å². The molecule has 4 rings (SSSR count). The molecule has 134 valence electrons. The number of hydrogen-bond acceptors (Lipinski definition) is 7. The number of anilines is 1. The summed E-state index contributed by atoms with van der Waals surface area (Å²) >= 11 is 1.66. The Kier molecular flexibility index (Phi) is 4.96. The summed E-state index contributed by atoms with van der Waals surface area (Å²) in [5.74, 6) is 0.677. The van der Waals surface area contributed by atoms with Gasteiger partial charge in [0.15, 0.2) is 0 Å². The van der Waals surface area contributed by atoms with Crippen LogP contribution in [0, 0.1) is 12.8 Å². The molecule has 0 aliphatic carbocycles. The van der Waals surface area contributed by atoms with Crippen LogP contribution in [0.3, 0.4) is 0 Å². The van der Waals surface area contributed by atoms with Crippen molar-refractivity contribution in [1.29, 1.82) is 0 Å². The molecular weight excluding hydrogens is 336 g/mol. The fourth-order valence-corrected chi connectivity index (χ4v) is 4.39. The van der Waals surface area contributed by atoms with E-state index in [2.05, 4.69) is 20.1 Å². The van der Waals surface area contributed by atoms with Crippen molar-refractivity contribution in [3.05, 3.63) is 35.1 Å². The van der Waals surface area contributed by atoms with Crippen molar-refractivity contribution in [1.82, 2.24) is 15.2 Å². The van der Waals surface area contributed by atoms with E-state index in [1.54, 1.807) is 11.3 Å². The fraction of sp³-hybridized carbons (Fsp3) is 0.611. The lowest BCUT2D eigenvalue weighted by atomic mass is 9.79. The molecule has 0 aromatic carbocycles. The Morgan fingerprint density at radius 3 is 3.04 bits per heavy atom. The van der Waals surface area contributed by atoms with Crippen LogP contribution in [0.25, 0.3) is 0 Å². The SMILES string of the molecule is Cc1nnc(N2CC3(CC(CCOCc4ccccn4)CCO3)C2)s1. The molecule has 4 heterocycles. The van der Waals surface area contributed by atoms with Crippen LogP contribution in [0.15, 0.2) is 24.4 Å². The Labute approximate surface area is 152 Å². The summed E-state index contributed by atoms with van der Waals surface area (Å²) in [5.41, 5.74) is 1.01. The first-order valence-corrected chi connectivity index (χ1v) is 9.71. The zero-order chi connectivity index (χ0) is 17.1. The van der Waals surface area contributed by atoms with E-state index in [9.17, 15) is 0 Å². The van der Waals surface area contributed by atoms with E-state index >= 15 is 0 Å². The smallest absolute Gasteiger partial charge is 0.208 e. The lowest BCUT2D eigenvalue weighted by Gasteiger charge is -2.53. The topological polar surface area (TPSA) is 60.4 Å². The van der Waals surface area contributed by atoms with E-state index < -0.39 is 0 Å². The van der Waals surface area contributed by atoms with E-state index in [4.69, 9.17) is 9.47 Å². The maximum Gasteiger partial charge on any atom is 0.208 e. The van der Waals surface area contributed by atoms with Gasteiger partial charge in [-0.2, -0.15) is 0 Å². The van der Waals surface area contributed by atoms with Gasteiger partial charge in [-0.15, -0.1) is 10.2 Å².